The number of hydrogen-bond donors (Lipinski definition) is 3. The van der Waals surface area contributed by atoms with Crippen LogP contribution in [0.4, 0.5) is 0 Å². The van der Waals surface area contributed by atoms with E-state index in [4.69, 9.17) is 16.3 Å². The molecule has 3 N–H and O–H groups in total. The molecule has 0 unspecified atom stereocenters. The summed E-state index contributed by atoms with van der Waals surface area (Å²) in [4.78, 5) is 4.25. The number of aliphatic hydroxyl groups excluding tert-OH is 3. The molecule has 3 rings (SSSR count). The number of imidazole rings is 1. The summed E-state index contributed by atoms with van der Waals surface area (Å²) < 4.78 is 9.13. The van der Waals surface area contributed by atoms with Gasteiger partial charge in [-0.3, -0.25) is 4.57 Å². The first-order valence-electron chi connectivity index (χ1n) is 6.09. The van der Waals surface area contributed by atoms with Crippen LogP contribution in [-0.2, 0) is 4.74 Å². The van der Waals surface area contributed by atoms with Gasteiger partial charge < -0.3 is 20.1 Å². The highest BCUT2D eigenvalue weighted by molar-refractivity contribution is 14.1. The highest BCUT2D eigenvalue weighted by atomic mass is 127. The number of ether oxygens (including phenoxy) is 1. The minimum absolute atomic E-state index is 0.164. The van der Waals surface area contributed by atoms with Crippen LogP contribution in [0.1, 0.15) is 6.23 Å². The third kappa shape index (κ3) is 2.68. The Balaban J connectivity index is 2.12. The fourth-order valence-electron chi connectivity index (χ4n) is 2.40. The van der Waals surface area contributed by atoms with Crippen molar-refractivity contribution in [1.82, 2.24) is 9.55 Å². The summed E-state index contributed by atoms with van der Waals surface area (Å²) in [5.41, 5.74) is 1.39. The molecule has 2 heterocycles. The van der Waals surface area contributed by atoms with E-state index in [1.54, 1.807) is 4.57 Å². The molecule has 0 spiro atoms. The van der Waals surface area contributed by atoms with Gasteiger partial charge in [-0.15, -0.1) is 0 Å². The number of hydrogen-bond acceptors (Lipinski definition) is 5. The minimum Gasteiger partial charge on any atom is -0.394 e. The van der Waals surface area contributed by atoms with Crippen molar-refractivity contribution in [3.63, 3.8) is 0 Å². The Morgan fingerprint density at radius 3 is 2.52 bits per heavy atom. The molecule has 1 fully saturated rings. The Hall–Kier alpha value is 0.280. The Labute approximate surface area is 152 Å². The minimum atomic E-state index is -1.19. The molecular weight excluding hydrogens is 525 g/mol. The van der Waals surface area contributed by atoms with Gasteiger partial charge in [0.05, 0.1) is 17.6 Å². The van der Waals surface area contributed by atoms with Crippen LogP contribution in [-0.4, -0.2) is 49.8 Å². The molecule has 0 aliphatic carbocycles. The van der Waals surface area contributed by atoms with E-state index in [0.717, 1.165) is 7.14 Å². The van der Waals surface area contributed by atoms with Crippen LogP contribution in [0.25, 0.3) is 11.0 Å². The largest absolute Gasteiger partial charge is 0.394 e. The zero-order valence-electron chi connectivity index (χ0n) is 10.4. The molecule has 0 amide bonds. The monoisotopic (exact) mass is 536 g/mol. The van der Waals surface area contributed by atoms with Gasteiger partial charge in [-0.05, 0) is 68.9 Å². The molecule has 0 bridgehead atoms. The lowest BCUT2D eigenvalue weighted by Gasteiger charge is -2.18. The van der Waals surface area contributed by atoms with Gasteiger partial charge in [0.2, 0.25) is 5.28 Å². The van der Waals surface area contributed by atoms with Gasteiger partial charge in [0.15, 0.2) is 6.23 Å². The van der Waals surface area contributed by atoms with Crippen molar-refractivity contribution in [3.05, 3.63) is 24.6 Å². The summed E-state index contributed by atoms with van der Waals surface area (Å²) >= 11 is 10.6. The molecule has 0 saturated carbocycles. The lowest BCUT2D eigenvalue weighted by atomic mass is 10.1. The van der Waals surface area contributed by atoms with Gasteiger partial charge in [0.1, 0.15) is 18.3 Å². The Morgan fingerprint density at radius 2 is 1.90 bits per heavy atom. The zero-order valence-corrected chi connectivity index (χ0v) is 15.5. The molecule has 2 aromatic rings. The Kier molecular flexibility index (Phi) is 4.66. The molecule has 114 valence electrons. The molecule has 9 heteroatoms. The molecular formula is C12H11ClI2N2O4. The molecule has 1 aromatic carbocycles. The summed E-state index contributed by atoms with van der Waals surface area (Å²) in [7, 11) is 0. The smallest absolute Gasteiger partial charge is 0.206 e. The molecule has 21 heavy (non-hydrogen) atoms. The van der Waals surface area contributed by atoms with Crippen LogP contribution in [0.2, 0.25) is 5.28 Å². The third-order valence-corrected chi connectivity index (χ3v) is 6.54. The molecule has 1 aliphatic rings. The van der Waals surface area contributed by atoms with Crippen molar-refractivity contribution in [2.45, 2.75) is 24.5 Å². The van der Waals surface area contributed by atoms with E-state index in [-0.39, 0.29) is 11.9 Å². The van der Waals surface area contributed by atoms with Crippen LogP contribution >= 0.6 is 56.8 Å². The van der Waals surface area contributed by atoms with Crippen LogP contribution in [0, 0.1) is 7.14 Å². The van der Waals surface area contributed by atoms with Crippen LogP contribution in [0.5, 0.6) is 0 Å². The first-order valence-corrected chi connectivity index (χ1v) is 8.62. The molecule has 1 aliphatic heterocycles. The molecule has 0 radical (unpaired) electrons. The maximum atomic E-state index is 10.1. The topological polar surface area (TPSA) is 87.7 Å². The van der Waals surface area contributed by atoms with Gasteiger partial charge in [-0.25, -0.2) is 4.98 Å². The van der Waals surface area contributed by atoms with Crippen molar-refractivity contribution in [2.24, 2.45) is 0 Å². The maximum Gasteiger partial charge on any atom is 0.206 e. The predicted octanol–water partition coefficient (Wildman–Crippen LogP) is 1.51. The Bertz CT molecular complexity index is 695. The van der Waals surface area contributed by atoms with E-state index in [1.807, 2.05) is 12.1 Å². The van der Waals surface area contributed by atoms with Crippen LogP contribution < -0.4 is 0 Å². The highest BCUT2D eigenvalue weighted by Crippen LogP contribution is 2.35. The van der Waals surface area contributed by atoms with Crippen LogP contribution in [0.3, 0.4) is 0 Å². The first-order chi connectivity index (χ1) is 9.93. The Morgan fingerprint density at radius 1 is 1.24 bits per heavy atom. The number of fused-ring (bicyclic) bond motifs is 1. The van der Waals surface area contributed by atoms with Gasteiger partial charge >= 0.3 is 0 Å². The summed E-state index contributed by atoms with van der Waals surface area (Å²) in [6, 6.07) is 3.78. The number of aliphatic hydroxyl groups is 3. The summed E-state index contributed by atoms with van der Waals surface area (Å²) in [5.74, 6) is 0. The molecule has 6 nitrogen and oxygen atoms in total. The van der Waals surface area contributed by atoms with E-state index in [2.05, 4.69) is 50.2 Å². The second-order valence-electron chi connectivity index (χ2n) is 4.73. The number of aromatic nitrogens is 2. The third-order valence-electron chi connectivity index (χ3n) is 3.46. The molecule has 1 saturated heterocycles. The van der Waals surface area contributed by atoms with Crippen molar-refractivity contribution < 1.29 is 20.1 Å². The van der Waals surface area contributed by atoms with Gasteiger partial charge in [-0.1, -0.05) is 0 Å². The number of halogens is 3. The first kappa shape index (κ1) is 16.1. The zero-order chi connectivity index (χ0) is 15.3. The summed E-state index contributed by atoms with van der Waals surface area (Å²) in [5, 5.41) is 29.4. The average Bonchev–Trinajstić information content (AvgIpc) is 2.89. The predicted molar refractivity (Wildman–Crippen MR) is 93.2 cm³/mol. The fraction of sp³-hybridized carbons (Fsp3) is 0.417. The normalized spacial score (nSPS) is 29.4. The van der Waals surface area contributed by atoms with Gasteiger partial charge in [0.25, 0.3) is 0 Å². The van der Waals surface area contributed by atoms with E-state index in [0.29, 0.717) is 11.0 Å². The average molecular weight is 536 g/mol. The number of rotatable bonds is 2. The quantitative estimate of drug-likeness (QED) is 0.507. The second-order valence-corrected chi connectivity index (χ2v) is 7.40. The number of nitrogens with zero attached hydrogens (tertiary/aromatic N) is 2. The molecule has 4 atom stereocenters. The summed E-state index contributed by atoms with van der Waals surface area (Å²) in [6.07, 6.45) is -4.09. The van der Waals surface area contributed by atoms with E-state index in [9.17, 15) is 15.3 Å². The van der Waals surface area contributed by atoms with Crippen molar-refractivity contribution in [3.8, 4) is 0 Å². The maximum absolute atomic E-state index is 10.1. The van der Waals surface area contributed by atoms with E-state index < -0.39 is 24.5 Å². The van der Waals surface area contributed by atoms with Crippen LogP contribution in [0.15, 0.2) is 12.1 Å². The SMILES string of the molecule is OC[C@H]1O[C@@H](n2c(Cl)nc3cc(I)c(I)cc32)[C@H](O)[C@@H]1O. The van der Waals surface area contributed by atoms with Crippen molar-refractivity contribution >= 4 is 67.8 Å². The summed E-state index contributed by atoms with van der Waals surface area (Å²) in [6.45, 7) is -0.381. The van der Waals surface area contributed by atoms with Gasteiger partial charge in [-0.2, -0.15) is 0 Å². The highest BCUT2D eigenvalue weighted by Gasteiger charge is 2.44. The fourth-order valence-corrected chi connectivity index (χ4v) is 3.58. The van der Waals surface area contributed by atoms with E-state index >= 15 is 0 Å². The van der Waals surface area contributed by atoms with Crippen molar-refractivity contribution in [1.29, 1.82) is 0 Å². The lowest BCUT2D eigenvalue weighted by Crippen LogP contribution is -2.33. The lowest BCUT2D eigenvalue weighted by molar-refractivity contribution is -0.0507. The van der Waals surface area contributed by atoms with Gasteiger partial charge in [0, 0.05) is 7.14 Å². The van der Waals surface area contributed by atoms with Crippen molar-refractivity contribution in [2.75, 3.05) is 6.61 Å². The standard InChI is InChI=1S/C12H11ClI2N2O4/c13-12-16-6-1-4(14)5(15)2-7(6)17(12)11-10(20)9(19)8(3-18)21-11/h1-2,8-11,18-20H,3H2/t8-,9-,10-,11-/m1/s1. The molecule has 1 aromatic heterocycles. The van der Waals surface area contributed by atoms with E-state index in [1.165, 1.54) is 0 Å². The number of benzene rings is 1. The second kappa shape index (κ2) is 6.06.